The molecule has 0 bridgehead atoms. The van der Waals surface area contributed by atoms with E-state index in [0.717, 1.165) is 24.0 Å². The van der Waals surface area contributed by atoms with Crippen LogP contribution in [0.2, 0.25) is 0 Å². The Morgan fingerprint density at radius 3 is 2.66 bits per heavy atom. The Hall–Kier alpha value is -4.57. The van der Waals surface area contributed by atoms with E-state index in [1.807, 2.05) is 42.5 Å². The fourth-order valence-electron chi connectivity index (χ4n) is 4.68. The third kappa shape index (κ3) is 4.11. The molecule has 4 aromatic rings. The molecule has 1 heterocycles. The molecule has 0 radical (unpaired) electrons. The minimum Gasteiger partial charge on any atom is -0.496 e. The predicted octanol–water partition coefficient (Wildman–Crippen LogP) is 4.48. The molecule has 1 aliphatic rings. The zero-order valence-electron chi connectivity index (χ0n) is 19.4. The highest BCUT2D eigenvalue weighted by molar-refractivity contribution is 5.96. The number of carbonyl (C=O) groups excluding carboxylic acids is 1. The summed E-state index contributed by atoms with van der Waals surface area (Å²) in [7, 11) is 1.54. The number of nitrogens with one attached hydrogen (secondary N) is 1. The van der Waals surface area contributed by atoms with Gasteiger partial charge in [-0.3, -0.25) is 4.79 Å². The lowest BCUT2D eigenvalue weighted by Gasteiger charge is -2.14. The van der Waals surface area contributed by atoms with Crippen LogP contribution in [0.3, 0.4) is 0 Å². The normalized spacial score (nSPS) is 14.2. The maximum atomic E-state index is 12.6. The van der Waals surface area contributed by atoms with Gasteiger partial charge in [-0.25, -0.2) is 4.68 Å². The number of aryl methyl sites for hydroxylation is 1. The van der Waals surface area contributed by atoms with Gasteiger partial charge in [-0.05, 0) is 41.7 Å². The maximum Gasteiger partial charge on any atom is 0.255 e. The average molecular weight is 464 g/mol. The molecule has 7 heteroatoms. The molecular weight excluding hydrogens is 438 g/mol. The number of nitriles is 1. The van der Waals surface area contributed by atoms with Crippen LogP contribution in [0.15, 0.2) is 72.8 Å². The summed E-state index contributed by atoms with van der Waals surface area (Å²) in [6.45, 7) is 0.359. The highest BCUT2D eigenvalue weighted by atomic mass is 16.5. The number of nitrogen functional groups attached to an aromatic ring is 1. The first-order valence-electron chi connectivity index (χ1n) is 11.5. The van der Waals surface area contributed by atoms with Gasteiger partial charge in [-0.2, -0.15) is 10.4 Å². The molecule has 0 saturated carbocycles. The van der Waals surface area contributed by atoms with Crippen LogP contribution in [0.1, 0.15) is 45.1 Å². The van der Waals surface area contributed by atoms with E-state index in [9.17, 15) is 10.1 Å². The number of rotatable bonds is 6. The molecule has 0 fully saturated rings. The SMILES string of the molecule is COc1ccccc1C(=O)NCc1ccc(-c2nn([C@@H]3CCc4ccccc43)c(N)c2C#N)cc1. The molecule has 0 saturated heterocycles. The first kappa shape index (κ1) is 22.2. The van der Waals surface area contributed by atoms with Gasteiger partial charge in [0.15, 0.2) is 0 Å². The number of anilines is 1. The molecule has 3 N–H and O–H groups in total. The number of amides is 1. The van der Waals surface area contributed by atoms with Gasteiger partial charge in [0.1, 0.15) is 28.9 Å². The first-order valence-corrected chi connectivity index (χ1v) is 11.5. The fraction of sp³-hybridized carbons (Fsp3) is 0.179. The third-order valence-electron chi connectivity index (χ3n) is 6.49. The third-order valence-corrected chi connectivity index (χ3v) is 6.49. The van der Waals surface area contributed by atoms with E-state index in [1.165, 1.54) is 11.1 Å². The van der Waals surface area contributed by atoms with Crippen molar-refractivity contribution in [2.24, 2.45) is 0 Å². The summed E-state index contributed by atoms with van der Waals surface area (Å²) in [6.07, 6.45) is 1.87. The minimum atomic E-state index is -0.207. The van der Waals surface area contributed by atoms with Crippen molar-refractivity contribution in [3.05, 3.63) is 101 Å². The summed E-state index contributed by atoms with van der Waals surface area (Å²) < 4.78 is 7.06. The molecule has 0 aliphatic heterocycles. The summed E-state index contributed by atoms with van der Waals surface area (Å²) in [4.78, 5) is 12.6. The van der Waals surface area contributed by atoms with Gasteiger partial charge >= 0.3 is 0 Å². The number of nitrogens with zero attached hydrogens (tertiary/aromatic N) is 3. The van der Waals surface area contributed by atoms with Crippen molar-refractivity contribution >= 4 is 11.7 Å². The van der Waals surface area contributed by atoms with Gasteiger partial charge in [0.25, 0.3) is 5.91 Å². The smallest absolute Gasteiger partial charge is 0.255 e. The number of methoxy groups -OCH3 is 1. The largest absolute Gasteiger partial charge is 0.496 e. The summed E-state index contributed by atoms with van der Waals surface area (Å²) in [5.41, 5.74) is 12.1. The van der Waals surface area contributed by atoms with Crippen LogP contribution < -0.4 is 15.8 Å². The lowest BCUT2D eigenvalue weighted by atomic mass is 10.1. The van der Waals surface area contributed by atoms with E-state index in [4.69, 9.17) is 15.6 Å². The second kappa shape index (κ2) is 9.35. The van der Waals surface area contributed by atoms with Crippen molar-refractivity contribution < 1.29 is 9.53 Å². The van der Waals surface area contributed by atoms with Crippen LogP contribution in [0.25, 0.3) is 11.3 Å². The number of aromatic nitrogens is 2. The zero-order valence-corrected chi connectivity index (χ0v) is 19.4. The van der Waals surface area contributed by atoms with Crippen molar-refractivity contribution in [1.82, 2.24) is 15.1 Å². The molecular formula is C28H25N5O2. The van der Waals surface area contributed by atoms with Crippen LogP contribution >= 0.6 is 0 Å². The van der Waals surface area contributed by atoms with Crippen LogP contribution in [-0.4, -0.2) is 22.8 Å². The summed E-state index contributed by atoms with van der Waals surface area (Å²) in [5, 5.41) is 17.5. The Morgan fingerprint density at radius 1 is 1.14 bits per heavy atom. The quantitative estimate of drug-likeness (QED) is 0.439. The van der Waals surface area contributed by atoms with E-state index in [1.54, 1.807) is 30.0 Å². The van der Waals surface area contributed by atoms with Gasteiger partial charge in [0, 0.05) is 12.1 Å². The average Bonchev–Trinajstić information content (AvgIpc) is 3.47. The van der Waals surface area contributed by atoms with Crippen molar-refractivity contribution in [2.45, 2.75) is 25.4 Å². The van der Waals surface area contributed by atoms with Crippen LogP contribution in [0.4, 0.5) is 5.82 Å². The summed E-state index contributed by atoms with van der Waals surface area (Å²) in [6, 6.07) is 25.3. The van der Waals surface area contributed by atoms with E-state index in [2.05, 4.69) is 23.5 Å². The fourth-order valence-corrected chi connectivity index (χ4v) is 4.68. The molecule has 0 spiro atoms. The number of hydrogen-bond acceptors (Lipinski definition) is 5. The molecule has 0 unspecified atom stereocenters. The van der Waals surface area contributed by atoms with Crippen LogP contribution in [0, 0.1) is 11.3 Å². The van der Waals surface area contributed by atoms with E-state index in [0.29, 0.717) is 34.9 Å². The lowest BCUT2D eigenvalue weighted by molar-refractivity contribution is 0.0948. The Labute approximate surface area is 203 Å². The lowest BCUT2D eigenvalue weighted by Crippen LogP contribution is -2.23. The topological polar surface area (TPSA) is 106 Å². The number of ether oxygens (including phenoxy) is 1. The van der Waals surface area contributed by atoms with Crippen molar-refractivity contribution in [1.29, 1.82) is 5.26 Å². The van der Waals surface area contributed by atoms with Crippen molar-refractivity contribution in [3.8, 4) is 23.1 Å². The van der Waals surface area contributed by atoms with Gasteiger partial charge in [0.2, 0.25) is 0 Å². The number of nitrogens with two attached hydrogens (primary N) is 1. The Morgan fingerprint density at radius 2 is 1.89 bits per heavy atom. The minimum absolute atomic E-state index is 0.0245. The Bertz CT molecular complexity index is 1430. The highest BCUT2D eigenvalue weighted by Crippen LogP contribution is 2.38. The molecule has 35 heavy (non-hydrogen) atoms. The van der Waals surface area contributed by atoms with E-state index < -0.39 is 0 Å². The molecule has 1 atom stereocenters. The highest BCUT2D eigenvalue weighted by Gasteiger charge is 2.28. The monoisotopic (exact) mass is 463 g/mol. The first-order chi connectivity index (χ1) is 17.1. The number of hydrogen-bond donors (Lipinski definition) is 2. The number of benzene rings is 3. The number of carbonyl (C=O) groups is 1. The molecule has 3 aromatic carbocycles. The number of para-hydroxylation sites is 1. The molecule has 174 valence electrons. The number of fused-ring (bicyclic) bond motifs is 1. The molecule has 5 rings (SSSR count). The summed E-state index contributed by atoms with van der Waals surface area (Å²) >= 11 is 0. The standard InChI is InChI=1S/C28H25N5O2/c1-35-25-9-5-4-8-22(25)28(34)31-17-18-10-12-20(13-11-18)26-23(16-29)27(30)33(32-26)24-15-14-19-6-2-3-7-21(19)24/h2-13,24H,14-15,17,30H2,1H3,(H,31,34)/t24-/m1/s1. The van der Waals surface area contributed by atoms with Crippen LogP contribution in [-0.2, 0) is 13.0 Å². The summed E-state index contributed by atoms with van der Waals surface area (Å²) in [5.74, 6) is 0.710. The molecule has 7 nitrogen and oxygen atoms in total. The van der Waals surface area contributed by atoms with Gasteiger partial charge < -0.3 is 15.8 Å². The maximum absolute atomic E-state index is 12.6. The Balaban J connectivity index is 1.36. The van der Waals surface area contributed by atoms with E-state index in [-0.39, 0.29) is 11.9 Å². The zero-order chi connectivity index (χ0) is 24.4. The van der Waals surface area contributed by atoms with E-state index >= 15 is 0 Å². The second-order valence-electron chi connectivity index (χ2n) is 8.50. The Kier molecular flexibility index (Phi) is 5.94. The molecule has 1 amide bonds. The van der Waals surface area contributed by atoms with Gasteiger partial charge in [0.05, 0.1) is 18.7 Å². The molecule has 1 aliphatic carbocycles. The predicted molar refractivity (Wildman–Crippen MR) is 134 cm³/mol. The second-order valence-corrected chi connectivity index (χ2v) is 8.50. The van der Waals surface area contributed by atoms with Crippen LogP contribution in [0.5, 0.6) is 5.75 Å². The van der Waals surface area contributed by atoms with Crippen molar-refractivity contribution in [3.63, 3.8) is 0 Å². The van der Waals surface area contributed by atoms with Gasteiger partial charge in [-0.15, -0.1) is 0 Å². The molecule has 1 aromatic heterocycles. The van der Waals surface area contributed by atoms with Gasteiger partial charge in [-0.1, -0.05) is 60.7 Å². The van der Waals surface area contributed by atoms with Crippen molar-refractivity contribution in [2.75, 3.05) is 12.8 Å².